The molecule has 1 fully saturated rings. The van der Waals surface area contributed by atoms with E-state index in [4.69, 9.17) is 0 Å². The fraction of sp³-hybridized carbons (Fsp3) is 0.348. The van der Waals surface area contributed by atoms with E-state index in [-0.39, 0.29) is 22.9 Å². The summed E-state index contributed by atoms with van der Waals surface area (Å²) in [5, 5.41) is 7.05. The molecule has 2 heterocycles. The lowest BCUT2D eigenvalue weighted by Gasteiger charge is -2.32. The van der Waals surface area contributed by atoms with Crippen LogP contribution in [0.5, 0.6) is 0 Å². The van der Waals surface area contributed by atoms with Gasteiger partial charge in [0.2, 0.25) is 10.0 Å². The number of rotatable bonds is 6. The second-order valence-electron chi connectivity index (χ2n) is 8.12. The van der Waals surface area contributed by atoms with Gasteiger partial charge >= 0.3 is 0 Å². The van der Waals surface area contributed by atoms with Gasteiger partial charge in [-0.25, -0.2) is 18.1 Å². The standard InChI is InChI=1S/C23H27N5O3S/c1-17-6-3-4-13-28(17)32(30,31)22-8-5-7-20(14-22)23(29)26-18(2)19-9-11-21(12-10-19)27-16-24-15-25-27/h5,7-12,14-18H,3-4,6,13H2,1-2H3,(H,26,29). The molecule has 1 aliphatic heterocycles. The van der Waals surface area contributed by atoms with Gasteiger partial charge in [0, 0.05) is 18.2 Å². The number of piperidine rings is 1. The van der Waals surface area contributed by atoms with Gasteiger partial charge in [-0.3, -0.25) is 4.79 Å². The molecule has 0 aliphatic carbocycles. The minimum Gasteiger partial charge on any atom is -0.346 e. The predicted molar refractivity (Wildman–Crippen MR) is 121 cm³/mol. The van der Waals surface area contributed by atoms with Crippen LogP contribution in [0.3, 0.4) is 0 Å². The first kappa shape index (κ1) is 22.2. The van der Waals surface area contributed by atoms with E-state index in [9.17, 15) is 13.2 Å². The molecule has 1 N–H and O–H groups in total. The highest BCUT2D eigenvalue weighted by Crippen LogP contribution is 2.26. The zero-order valence-corrected chi connectivity index (χ0v) is 19.0. The van der Waals surface area contributed by atoms with Crippen molar-refractivity contribution in [3.63, 3.8) is 0 Å². The van der Waals surface area contributed by atoms with Gasteiger partial charge in [0.05, 0.1) is 16.6 Å². The highest BCUT2D eigenvalue weighted by molar-refractivity contribution is 7.89. The molecule has 0 radical (unpaired) electrons. The maximum Gasteiger partial charge on any atom is 0.251 e. The van der Waals surface area contributed by atoms with Crippen molar-refractivity contribution >= 4 is 15.9 Å². The van der Waals surface area contributed by atoms with Crippen LogP contribution in [0.1, 0.15) is 55.1 Å². The van der Waals surface area contributed by atoms with Crippen molar-refractivity contribution in [2.75, 3.05) is 6.54 Å². The third-order valence-electron chi connectivity index (χ3n) is 5.87. The number of carbonyl (C=O) groups excluding carboxylic acids is 1. The summed E-state index contributed by atoms with van der Waals surface area (Å²) in [6.07, 6.45) is 5.83. The predicted octanol–water partition coefficient (Wildman–Crippen LogP) is 3.32. The number of amides is 1. The molecule has 2 aromatic carbocycles. The molecule has 9 heteroatoms. The molecule has 3 aromatic rings. The fourth-order valence-electron chi connectivity index (χ4n) is 3.98. The minimum absolute atomic E-state index is 0.0354. The third kappa shape index (κ3) is 4.58. The lowest BCUT2D eigenvalue weighted by Crippen LogP contribution is -2.42. The van der Waals surface area contributed by atoms with Gasteiger partial charge in [-0.1, -0.05) is 24.6 Å². The van der Waals surface area contributed by atoms with Gasteiger partial charge in [0.15, 0.2) is 0 Å². The fourth-order valence-corrected chi connectivity index (χ4v) is 5.73. The quantitative estimate of drug-likeness (QED) is 0.618. The van der Waals surface area contributed by atoms with Crippen molar-refractivity contribution in [3.05, 3.63) is 72.3 Å². The van der Waals surface area contributed by atoms with Crippen molar-refractivity contribution in [1.29, 1.82) is 0 Å². The van der Waals surface area contributed by atoms with Crippen molar-refractivity contribution in [2.45, 2.75) is 50.1 Å². The van der Waals surface area contributed by atoms with Crippen LogP contribution in [0.15, 0.2) is 66.1 Å². The van der Waals surface area contributed by atoms with E-state index in [2.05, 4.69) is 15.4 Å². The number of nitrogens with one attached hydrogen (secondary N) is 1. The minimum atomic E-state index is -3.63. The summed E-state index contributed by atoms with van der Waals surface area (Å²) in [5.74, 6) is -0.318. The molecule has 32 heavy (non-hydrogen) atoms. The maximum absolute atomic E-state index is 13.1. The summed E-state index contributed by atoms with van der Waals surface area (Å²) in [6.45, 7) is 4.34. The maximum atomic E-state index is 13.1. The zero-order chi connectivity index (χ0) is 22.7. The first-order valence-electron chi connectivity index (χ1n) is 10.7. The Morgan fingerprint density at radius 3 is 2.62 bits per heavy atom. The van der Waals surface area contributed by atoms with E-state index in [1.54, 1.807) is 33.5 Å². The third-order valence-corrected chi connectivity index (χ3v) is 7.88. The monoisotopic (exact) mass is 453 g/mol. The summed E-state index contributed by atoms with van der Waals surface area (Å²) < 4.78 is 29.5. The molecule has 1 aromatic heterocycles. The smallest absolute Gasteiger partial charge is 0.251 e. The van der Waals surface area contributed by atoms with Gasteiger partial charge < -0.3 is 5.32 Å². The van der Waals surface area contributed by atoms with Gasteiger partial charge in [0.1, 0.15) is 12.7 Å². The van der Waals surface area contributed by atoms with Crippen LogP contribution in [0.25, 0.3) is 5.69 Å². The van der Waals surface area contributed by atoms with Crippen LogP contribution >= 0.6 is 0 Å². The topological polar surface area (TPSA) is 97.2 Å². The average molecular weight is 454 g/mol. The molecule has 4 rings (SSSR count). The molecule has 1 amide bonds. The SMILES string of the molecule is CC(NC(=O)c1cccc(S(=O)(=O)N2CCCCC2C)c1)c1ccc(-n2cncn2)cc1. The molecule has 2 unspecified atom stereocenters. The van der Waals surface area contributed by atoms with E-state index < -0.39 is 10.0 Å². The number of carbonyl (C=O) groups is 1. The Morgan fingerprint density at radius 1 is 1.16 bits per heavy atom. The van der Waals surface area contributed by atoms with Crippen LogP contribution in [0, 0.1) is 0 Å². The van der Waals surface area contributed by atoms with Crippen molar-refractivity contribution in [1.82, 2.24) is 24.4 Å². The van der Waals surface area contributed by atoms with E-state index in [1.165, 1.54) is 12.4 Å². The number of nitrogens with zero attached hydrogens (tertiary/aromatic N) is 4. The van der Waals surface area contributed by atoms with Crippen LogP contribution in [-0.2, 0) is 10.0 Å². The Hall–Kier alpha value is -3.04. The molecule has 1 saturated heterocycles. The molecular weight excluding hydrogens is 426 g/mol. The van der Waals surface area contributed by atoms with Crippen LogP contribution in [0.4, 0.5) is 0 Å². The van der Waals surface area contributed by atoms with Crippen LogP contribution in [0.2, 0.25) is 0 Å². The van der Waals surface area contributed by atoms with Crippen molar-refractivity contribution in [3.8, 4) is 5.69 Å². The average Bonchev–Trinajstić information content (AvgIpc) is 3.34. The molecule has 2 atom stereocenters. The number of aromatic nitrogens is 3. The number of benzene rings is 2. The molecule has 168 valence electrons. The number of hydrogen-bond acceptors (Lipinski definition) is 5. The Bertz CT molecular complexity index is 1180. The molecule has 0 bridgehead atoms. The summed E-state index contributed by atoms with van der Waals surface area (Å²) in [5.41, 5.74) is 2.12. The summed E-state index contributed by atoms with van der Waals surface area (Å²) in [7, 11) is -3.63. The van der Waals surface area contributed by atoms with Crippen molar-refractivity contribution < 1.29 is 13.2 Å². The van der Waals surface area contributed by atoms with Crippen LogP contribution < -0.4 is 5.32 Å². The highest BCUT2D eigenvalue weighted by Gasteiger charge is 2.31. The highest BCUT2D eigenvalue weighted by atomic mass is 32.2. The Kier molecular flexibility index (Phi) is 6.38. The second kappa shape index (κ2) is 9.22. The molecule has 0 spiro atoms. The lowest BCUT2D eigenvalue weighted by atomic mass is 10.1. The van der Waals surface area contributed by atoms with Crippen molar-refractivity contribution in [2.24, 2.45) is 0 Å². The van der Waals surface area contributed by atoms with E-state index in [1.807, 2.05) is 38.1 Å². The van der Waals surface area contributed by atoms with Gasteiger partial charge in [0.25, 0.3) is 5.91 Å². The number of sulfonamides is 1. The summed E-state index contributed by atoms with van der Waals surface area (Å²) in [6, 6.07) is 13.6. The summed E-state index contributed by atoms with van der Waals surface area (Å²) >= 11 is 0. The first-order valence-corrected chi connectivity index (χ1v) is 12.2. The van der Waals surface area contributed by atoms with Crippen LogP contribution in [-0.4, -0.2) is 46.0 Å². The van der Waals surface area contributed by atoms with E-state index in [0.29, 0.717) is 12.1 Å². The number of hydrogen-bond donors (Lipinski definition) is 1. The van der Waals surface area contributed by atoms with Gasteiger partial charge in [-0.05, 0) is 62.6 Å². The molecule has 0 saturated carbocycles. The van der Waals surface area contributed by atoms with Gasteiger partial charge in [-0.2, -0.15) is 9.40 Å². The summed E-state index contributed by atoms with van der Waals surface area (Å²) in [4.78, 5) is 17.0. The molecular formula is C23H27N5O3S. The Morgan fingerprint density at radius 2 is 1.94 bits per heavy atom. The first-order chi connectivity index (χ1) is 15.4. The lowest BCUT2D eigenvalue weighted by molar-refractivity contribution is 0.0939. The second-order valence-corrected chi connectivity index (χ2v) is 10.0. The Labute approximate surface area is 188 Å². The zero-order valence-electron chi connectivity index (χ0n) is 18.2. The Balaban J connectivity index is 1.48. The van der Waals surface area contributed by atoms with E-state index in [0.717, 1.165) is 30.5 Å². The molecule has 1 aliphatic rings. The van der Waals surface area contributed by atoms with E-state index >= 15 is 0 Å². The van der Waals surface area contributed by atoms with Gasteiger partial charge in [-0.15, -0.1) is 0 Å². The largest absolute Gasteiger partial charge is 0.346 e. The molecule has 8 nitrogen and oxygen atoms in total. The normalized spacial score (nSPS) is 18.2.